The Kier molecular flexibility index (Phi) is 5.24. The first-order chi connectivity index (χ1) is 11.9. The van der Waals surface area contributed by atoms with Gasteiger partial charge in [0, 0.05) is 21.6 Å². The number of likely N-dealkylation sites (N-methyl/N-ethyl adjacent to an activating group) is 1. The Labute approximate surface area is 161 Å². The van der Waals surface area contributed by atoms with Crippen molar-refractivity contribution in [3.8, 4) is 5.75 Å². The van der Waals surface area contributed by atoms with E-state index in [9.17, 15) is 9.59 Å². The minimum atomic E-state index is -0.441. The Morgan fingerprint density at radius 1 is 1.08 bits per heavy atom. The molecule has 1 heterocycles. The lowest BCUT2D eigenvalue weighted by Gasteiger charge is -2.10. The smallest absolute Gasteiger partial charge is 0.328 e. The predicted molar refractivity (Wildman–Crippen MR) is 102 cm³/mol. The van der Waals surface area contributed by atoms with Crippen LogP contribution in [-0.2, 0) is 11.4 Å². The van der Waals surface area contributed by atoms with Crippen LogP contribution in [0, 0.1) is 0 Å². The highest BCUT2D eigenvalue weighted by molar-refractivity contribution is 9.10. The number of halogens is 2. The molecule has 128 valence electrons. The molecule has 0 aromatic heterocycles. The van der Waals surface area contributed by atoms with E-state index in [1.807, 2.05) is 42.5 Å². The first-order valence-corrected chi connectivity index (χ1v) is 9.00. The molecular formula is C18H14Br2N2O3. The number of imide groups is 1. The summed E-state index contributed by atoms with van der Waals surface area (Å²) < 4.78 is 7.75. The molecule has 0 spiro atoms. The molecule has 25 heavy (non-hydrogen) atoms. The second-order valence-corrected chi connectivity index (χ2v) is 7.28. The normalized spacial score (nSPS) is 15.6. The maximum atomic E-state index is 12.0. The van der Waals surface area contributed by atoms with Crippen LogP contribution in [0.2, 0.25) is 0 Å². The second kappa shape index (κ2) is 7.41. The number of hydrogen-bond donors (Lipinski definition) is 1. The summed E-state index contributed by atoms with van der Waals surface area (Å²) in [5, 5.41) is 2.55. The van der Waals surface area contributed by atoms with Crippen LogP contribution >= 0.6 is 31.9 Å². The minimum absolute atomic E-state index is 0.221. The van der Waals surface area contributed by atoms with Crippen molar-refractivity contribution in [3.05, 3.63) is 68.2 Å². The molecule has 0 unspecified atom stereocenters. The van der Waals surface area contributed by atoms with Gasteiger partial charge in [-0.3, -0.25) is 9.69 Å². The average Bonchev–Trinajstić information content (AvgIpc) is 2.83. The second-order valence-electron chi connectivity index (χ2n) is 5.45. The molecule has 0 saturated carbocycles. The topological polar surface area (TPSA) is 58.6 Å². The number of urea groups is 1. The zero-order valence-corrected chi connectivity index (χ0v) is 16.4. The van der Waals surface area contributed by atoms with Crippen LogP contribution in [0.3, 0.4) is 0 Å². The number of carbonyl (C=O) groups excluding carboxylic acids is 2. The largest absolute Gasteiger partial charge is 0.488 e. The van der Waals surface area contributed by atoms with Crippen molar-refractivity contribution in [3.63, 3.8) is 0 Å². The number of ether oxygens (including phenoxy) is 1. The van der Waals surface area contributed by atoms with Crippen molar-refractivity contribution in [1.29, 1.82) is 0 Å². The quantitative estimate of drug-likeness (QED) is 0.540. The van der Waals surface area contributed by atoms with Gasteiger partial charge in [-0.05, 0) is 42.0 Å². The molecule has 1 aliphatic rings. The monoisotopic (exact) mass is 464 g/mol. The van der Waals surface area contributed by atoms with Crippen LogP contribution in [0.25, 0.3) is 6.08 Å². The third-order valence-electron chi connectivity index (χ3n) is 3.66. The molecule has 5 nitrogen and oxygen atoms in total. The number of amides is 3. The molecular weight excluding hydrogens is 452 g/mol. The van der Waals surface area contributed by atoms with Crippen LogP contribution in [0.4, 0.5) is 4.79 Å². The van der Waals surface area contributed by atoms with Crippen molar-refractivity contribution < 1.29 is 14.3 Å². The van der Waals surface area contributed by atoms with Gasteiger partial charge in [0.25, 0.3) is 5.91 Å². The Hall–Kier alpha value is -2.12. The first kappa shape index (κ1) is 17.7. The molecule has 2 aromatic carbocycles. The lowest BCUT2D eigenvalue weighted by atomic mass is 10.1. The van der Waals surface area contributed by atoms with Crippen LogP contribution in [-0.4, -0.2) is 23.9 Å². The number of hydrogen-bond acceptors (Lipinski definition) is 3. The number of rotatable bonds is 4. The fourth-order valence-corrected chi connectivity index (χ4v) is 2.93. The van der Waals surface area contributed by atoms with Gasteiger partial charge in [0.2, 0.25) is 0 Å². The zero-order valence-electron chi connectivity index (χ0n) is 13.3. The molecule has 0 aliphatic carbocycles. The van der Waals surface area contributed by atoms with Gasteiger partial charge < -0.3 is 10.1 Å². The van der Waals surface area contributed by atoms with Gasteiger partial charge in [-0.25, -0.2) is 4.79 Å². The number of benzene rings is 2. The fourth-order valence-electron chi connectivity index (χ4n) is 2.28. The highest BCUT2D eigenvalue weighted by Gasteiger charge is 2.30. The van der Waals surface area contributed by atoms with Crippen molar-refractivity contribution in [2.75, 3.05) is 7.05 Å². The summed E-state index contributed by atoms with van der Waals surface area (Å²) in [6, 6.07) is 12.9. The predicted octanol–water partition coefficient (Wildman–Crippen LogP) is 4.31. The molecule has 3 rings (SSSR count). The summed E-state index contributed by atoms with van der Waals surface area (Å²) in [6.07, 6.45) is 1.62. The zero-order chi connectivity index (χ0) is 18.0. The Balaban J connectivity index is 1.84. The lowest BCUT2D eigenvalue weighted by molar-refractivity contribution is -0.121. The molecule has 0 bridgehead atoms. The SMILES string of the molecule is CN1C(=O)N/C(=C/c2cc(Br)ccc2OCc2ccc(Br)cc2)C1=O. The van der Waals surface area contributed by atoms with E-state index in [0.717, 1.165) is 19.4 Å². The summed E-state index contributed by atoms with van der Waals surface area (Å²) >= 11 is 6.82. The highest BCUT2D eigenvalue weighted by Crippen LogP contribution is 2.27. The van der Waals surface area contributed by atoms with E-state index in [0.29, 0.717) is 17.9 Å². The van der Waals surface area contributed by atoms with Gasteiger partial charge in [0.1, 0.15) is 18.1 Å². The molecule has 0 atom stereocenters. The summed E-state index contributed by atoms with van der Waals surface area (Å²) in [5.74, 6) is 0.249. The molecule has 2 aromatic rings. The van der Waals surface area contributed by atoms with E-state index >= 15 is 0 Å². The average molecular weight is 466 g/mol. The highest BCUT2D eigenvalue weighted by atomic mass is 79.9. The van der Waals surface area contributed by atoms with Crippen molar-refractivity contribution in [2.45, 2.75) is 6.61 Å². The lowest BCUT2D eigenvalue weighted by Crippen LogP contribution is -2.25. The third kappa shape index (κ3) is 4.11. The first-order valence-electron chi connectivity index (χ1n) is 7.41. The van der Waals surface area contributed by atoms with Crippen LogP contribution in [0.1, 0.15) is 11.1 Å². The number of nitrogens with zero attached hydrogens (tertiary/aromatic N) is 1. The Morgan fingerprint density at radius 3 is 2.40 bits per heavy atom. The fraction of sp³-hybridized carbons (Fsp3) is 0.111. The van der Waals surface area contributed by atoms with Gasteiger partial charge >= 0.3 is 6.03 Å². The minimum Gasteiger partial charge on any atom is -0.488 e. The maximum Gasteiger partial charge on any atom is 0.328 e. The molecule has 1 N–H and O–H groups in total. The summed E-state index contributed by atoms with van der Waals surface area (Å²) in [7, 11) is 1.43. The van der Waals surface area contributed by atoms with Crippen LogP contribution in [0.15, 0.2) is 57.1 Å². The molecule has 1 aliphatic heterocycles. The van der Waals surface area contributed by atoms with E-state index in [2.05, 4.69) is 37.2 Å². The summed E-state index contributed by atoms with van der Waals surface area (Å²) in [6.45, 7) is 0.394. The van der Waals surface area contributed by atoms with E-state index in [1.54, 1.807) is 6.08 Å². The van der Waals surface area contributed by atoms with Gasteiger partial charge in [0.15, 0.2) is 0 Å². The van der Waals surface area contributed by atoms with E-state index < -0.39 is 6.03 Å². The number of carbonyl (C=O) groups is 2. The molecule has 7 heteroatoms. The molecule has 0 radical (unpaired) electrons. The van der Waals surface area contributed by atoms with Gasteiger partial charge in [-0.1, -0.05) is 44.0 Å². The van der Waals surface area contributed by atoms with E-state index in [-0.39, 0.29) is 11.6 Å². The third-order valence-corrected chi connectivity index (χ3v) is 4.68. The molecule has 3 amide bonds. The van der Waals surface area contributed by atoms with Gasteiger partial charge in [-0.2, -0.15) is 0 Å². The van der Waals surface area contributed by atoms with Crippen LogP contribution in [0.5, 0.6) is 5.75 Å². The van der Waals surface area contributed by atoms with Crippen molar-refractivity contribution in [1.82, 2.24) is 10.2 Å². The van der Waals surface area contributed by atoms with Crippen LogP contribution < -0.4 is 10.1 Å². The van der Waals surface area contributed by atoms with Crippen molar-refractivity contribution >= 4 is 49.9 Å². The molecule has 1 saturated heterocycles. The summed E-state index contributed by atoms with van der Waals surface area (Å²) in [5.41, 5.74) is 1.94. The summed E-state index contributed by atoms with van der Waals surface area (Å²) in [4.78, 5) is 24.7. The van der Waals surface area contributed by atoms with E-state index in [4.69, 9.17) is 4.74 Å². The van der Waals surface area contributed by atoms with Gasteiger partial charge in [-0.15, -0.1) is 0 Å². The van der Waals surface area contributed by atoms with E-state index in [1.165, 1.54) is 7.05 Å². The van der Waals surface area contributed by atoms with Crippen molar-refractivity contribution in [2.24, 2.45) is 0 Å². The Bertz CT molecular complexity index is 863. The number of nitrogens with one attached hydrogen (secondary N) is 1. The Morgan fingerprint density at radius 2 is 1.76 bits per heavy atom. The maximum absolute atomic E-state index is 12.0. The standard InChI is InChI=1S/C18H14Br2N2O3/c1-22-17(23)15(21-18(22)24)9-12-8-14(20)6-7-16(12)25-10-11-2-4-13(19)5-3-11/h2-9H,10H2,1H3,(H,21,24)/b15-9+. The van der Waals surface area contributed by atoms with Gasteiger partial charge in [0.05, 0.1) is 0 Å². The molecule has 1 fully saturated rings.